The fourth-order valence-electron chi connectivity index (χ4n) is 2.72. The van der Waals surface area contributed by atoms with Crippen molar-refractivity contribution in [2.45, 2.75) is 33.4 Å². The van der Waals surface area contributed by atoms with Crippen molar-refractivity contribution in [1.29, 1.82) is 0 Å². The monoisotopic (exact) mass is 314 g/mol. The molecule has 0 radical (unpaired) electrons. The summed E-state index contributed by atoms with van der Waals surface area (Å²) in [6.07, 6.45) is 0.941. The lowest BCUT2D eigenvalue weighted by molar-refractivity contribution is 0.193. The Morgan fingerprint density at radius 1 is 1.30 bits per heavy atom. The Morgan fingerprint density at radius 3 is 2.91 bits per heavy atom. The summed E-state index contributed by atoms with van der Waals surface area (Å²) in [5.74, 6) is 2.62. The zero-order chi connectivity index (χ0) is 16.2. The van der Waals surface area contributed by atoms with E-state index in [9.17, 15) is 4.79 Å². The van der Waals surface area contributed by atoms with E-state index in [1.54, 1.807) is 4.90 Å². The Kier molecular flexibility index (Phi) is 4.55. The van der Waals surface area contributed by atoms with Gasteiger partial charge in [-0.15, -0.1) is 0 Å². The van der Waals surface area contributed by atoms with Gasteiger partial charge in [-0.3, -0.25) is 0 Å². The van der Waals surface area contributed by atoms with Crippen molar-refractivity contribution in [1.82, 2.24) is 10.2 Å². The molecule has 0 bridgehead atoms. The summed E-state index contributed by atoms with van der Waals surface area (Å²) in [6.45, 7) is 6.23. The van der Waals surface area contributed by atoms with Gasteiger partial charge in [-0.2, -0.15) is 0 Å². The lowest BCUT2D eigenvalue weighted by Crippen LogP contribution is -2.38. The zero-order valence-corrected chi connectivity index (χ0v) is 13.6. The molecule has 0 unspecified atom stereocenters. The van der Waals surface area contributed by atoms with Crippen LogP contribution in [0.1, 0.15) is 29.6 Å². The van der Waals surface area contributed by atoms with Gasteiger partial charge in [-0.25, -0.2) is 4.79 Å². The molecule has 5 nitrogen and oxygen atoms in total. The molecule has 0 saturated heterocycles. The van der Waals surface area contributed by atoms with Gasteiger partial charge in [0.05, 0.1) is 13.2 Å². The summed E-state index contributed by atoms with van der Waals surface area (Å²) in [5.41, 5.74) is 2.31. The average molecular weight is 314 g/mol. The number of ether oxygens (including phenoxy) is 1. The number of benzene rings is 1. The van der Waals surface area contributed by atoms with Gasteiger partial charge in [0.25, 0.3) is 0 Å². The minimum Gasteiger partial charge on any atom is -0.493 e. The number of hydrogen-bond acceptors (Lipinski definition) is 3. The SMILES string of the molecule is CCN(Cc1ccc(C)o1)C(=O)NCc1ccc2c(c1)CCO2. The number of hydrogen-bond donors (Lipinski definition) is 1. The van der Waals surface area contributed by atoms with Gasteiger partial charge < -0.3 is 19.4 Å². The van der Waals surface area contributed by atoms with Crippen molar-refractivity contribution >= 4 is 6.03 Å². The molecule has 0 aliphatic carbocycles. The molecule has 2 amide bonds. The van der Waals surface area contributed by atoms with Crippen LogP contribution in [-0.2, 0) is 19.5 Å². The van der Waals surface area contributed by atoms with Gasteiger partial charge in [0.1, 0.15) is 17.3 Å². The van der Waals surface area contributed by atoms with Crippen LogP contribution >= 0.6 is 0 Å². The molecule has 1 aliphatic rings. The standard InChI is InChI=1S/C18H22N2O3/c1-3-20(12-16-6-4-13(2)23-16)18(21)19-11-14-5-7-17-15(10-14)8-9-22-17/h4-7,10H,3,8-9,11-12H2,1-2H3,(H,19,21). The summed E-state index contributed by atoms with van der Waals surface area (Å²) in [6, 6.07) is 9.82. The molecule has 0 atom stereocenters. The second-order valence-electron chi connectivity index (χ2n) is 5.73. The summed E-state index contributed by atoms with van der Waals surface area (Å²) in [7, 11) is 0. The number of carbonyl (C=O) groups is 1. The smallest absolute Gasteiger partial charge is 0.318 e. The van der Waals surface area contributed by atoms with Crippen molar-refractivity contribution in [3.8, 4) is 5.75 Å². The third-order valence-corrected chi connectivity index (χ3v) is 4.01. The minimum absolute atomic E-state index is 0.0849. The van der Waals surface area contributed by atoms with Gasteiger partial charge >= 0.3 is 6.03 Å². The van der Waals surface area contributed by atoms with E-state index in [0.29, 0.717) is 19.6 Å². The Bertz CT molecular complexity index is 693. The maximum atomic E-state index is 12.3. The van der Waals surface area contributed by atoms with Gasteiger partial charge in [0.2, 0.25) is 0 Å². The van der Waals surface area contributed by atoms with E-state index in [4.69, 9.17) is 9.15 Å². The lowest BCUT2D eigenvalue weighted by Gasteiger charge is -2.20. The quantitative estimate of drug-likeness (QED) is 0.921. The number of urea groups is 1. The van der Waals surface area contributed by atoms with E-state index in [1.807, 2.05) is 38.1 Å². The maximum absolute atomic E-state index is 12.3. The molecule has 1 N–H and O–H groups in total. The largest absolute Gasteiger partial charge is 0.493 e. The van der Waals surface area contributed by atoms with Crippen molar-refractivity contribution in [3.63, 3.8) is 0 Å². The van der Waals surface area contributed by atoms with Gasteiger partial charge in [-0.05, 0) is 43.2 Å². The number of rotatable bonds is 5. The van der Waals surface area contributed by atoms with Gasteiger partial charge in [-0.1, -0.05) is 12.1 Å². The van der Waals surface area contributed by atoms with Crippen molar-refractivity contribution in [2.24, 2.45) is 0 Å². The molecule has 3 rings (SSSR count). The highest BCUT2D eigenvalue weighted by Crippen LogP contribution is 2.25. The number of aryl methyl sites for hydroxylation is 1. The normalized spacial score (nSPS) is 12.6. The third-order valence-electron chi connectivity index (χ3n) is 4.01. The minimum atomic E-state index is -0.0849. The maximum Gasteiger partial charge on any atom is 0.318 e. The molecular weight excluding hydrogens is 292 g/mol. The van der Waals surface area contributed by atoms with Crippen LogP contribution in [-0.4, -0.2) is 24.1 Å². The summed E-state index contributed by atoms with van der Waals surface area (Å²) in [5, 5.41) is 2.97. The van der Waals surface area contributed by atoms with Crippen LogP contribution in [0.25, 0.3) is 0 Å². The number of carbonyl (C=O) groups excluding carboxylic acids is 1. The van der Waals surface area contributed by atoms with E-state index in [2.05, 4.69) is 11.4 Å². The Hall–Kier alpha value is -2.43. The van der Waals surface area contributed by atoms with Crippen molar-refractivity contribution in [2.75, 3.05) is 13.2 Å². The van der Waals surface area contributed by atoms with Crippen LogP contribution in [0.4, 0.5) is 4.79 Å². The Morgan fingerprint density at radius 2 is 2.17 bits per heavy atom. The highest BCUT2D eigenvalue weighted by atomic mass is 16.5. The molecule has 1 aromatic heterocycles. The third kappa shape index (κ3) is 3.67. The van der Waals surface area contributed by atoms with E-state index >= 15 is 0 Å². The molecule has 2 heterocycles. The fourth-order valence-corrected chi connectivity index (χ4v) is 2.72. The first-order valence-electron chi connectivity index (χ1n) is 7.98. The number of amides is 2. The number of furan rings is 1. The Labute approximate surface area is 136 Å². The van der Waals surface area contributed by atoms with Crippen LogP contribution in [0.2, 0.25) is 0 Å². The predicted molar refractivity (Wildman–Crippen MR) is 87.4 cm³/mol. The predicted octanol–water partition coefficient (Wildman–Crippen LogP) is 3.25. The van der Waals surface area contributed by atoms with E-state index in [1.165, 1.54) is 5.56 Å². The van der Waals surface area contributed by atoms with Crippen LogP contribution in [0.3, 0.4) is 0 Å². The average Bonchev–Trinajstić information content (AvgIpc) is 3.18. The van der Waals surface area contributed by atoms with Crippen molar-refractivity contribution in [3.05, 3.63) is 53.0 Å². The lowest BCUT2D eigenvalue weighted by atomic mass is 10.1. The van der Waals surface area contributed by atoms with Crippen LogP contribution in [0.5, 0.6) is 5.75 Å². The topological polar surface area (TPSA) is 54.7 Å². The molecule has 23 heavy (non-hydrogen) atoms. The first-order chi connectivity index (χ1) is 11.2. The highest BCUT2D eigenvalue weighted by Gasteiger charge is 2.15. The highest BCUT2D eigenvalue weighted by molar-refractivity contribution is 5.74. The number of nitrogens with one attached hydrogen (secondary N) is 1. The molecule has 122 valence electrons. The van der Waals surface area contributed by atoms with Gasteiger partial charge in [0, 0.05) is 19.5 Å². The molecule has 2 aromatic rings. The molecule has 1 aliphatic heterocycles. The molecule has 1 aromatic carbocycles. The number of fused-ring (bicyclic) bond motifs is 1. The second kappa shape index (κ2) is 6.77. The molecular formula is C18H22N2O3. The summed E-state index contributed by atoms with van der Waals surface area (Å²) < 4.78 is 11.0. The van der Waals surface area contributed by atoms with E-state index in [0.717, 1.165) is 35.9 Å². The van der Waals surface area contributed by atoms with Crippen LogP contribution < -0.4 is 10.1 Å². The van der Waals surface area contributed by atoms with Crippen LogP contribution in [0, 0.1) is 6.92 Å². The van der Waals surface area contributed by atoms with E-state index in [-0.39, 0.29) is 6.03 Å². The van der Waals surface area contributed by atoms with Gasteiger partial charge in [0.15, 0.2) is 0 Å². The van der Waals surface area contributed by atoms with Crippen molar-refractivity contribution < 1.29 is 13.9 Å². The molecule has 5 heteroatoms. The fraction of sp³-hybridized carbons (Fsp3) is 0.389. The second-order valence-corrected chi connectivity index (χ2v) is 5.73. The Balaban J connectivity index is 1.57. The summed E-state index contributed by atoms with van der Waals surface area (Å²) in [4.78, 5) is 14.1. The first kappa shape index (κ1) is 15.5. The molecule has 0 saturated carbocycles. The molecule has 0 fully saturated rings. The van der Waals surface area contributed by atoms with E-state index < -0.39 is 0 Å². The summed E-state index contributed by atoms with van der Waals surface area (Å²) >= 11 is 0. The van der Waals surface area contributed by atoms with Crippen LogP contribution in [0.15, 0.2) is 34.7 Å². The number of nitrogens with zero attached hydrogens (tertiary/aromatic N) is 1. The first-order valence-corrected chi connectivity index (χ1v) is 7.98. The molecule has 0 spiro atoms. The zero-order valence-electron chi connectivity index (χ0n) is 13.6.